The topological polar surface area (TPSA) is 73.6 Å². The summed E-state index contributed by atoms with van der Waals surface area (Å²) in [6.07, 6.45) is -0.583. The van der Waals surface area contributed by atoms with Crippen LogP contribution in [0.4, 0.5) is 5.69 Å². The molecule has 3 N–H and O–H groups in total. The molecule has 16 heavy (non-hydrogen) atoms. The van der Waals surface area contributed by atoms with E-state index in [0.717, 1.165) is 0 Å². The standard InChI is InChI=1S/C11H16N2O3/c1-7(11(14)13-2)16-10-5-4-8(15-3)6-9(10)12/h4-7H,12H2,1-3H3,(H,13,14). The van der Waals surface area contributed by atoms with Gasteiger partial charge in [-0.1, -0.05) is 0 Å². The quantitative estimate of drug-likeness (QED) is 0.741. The first-order chi connectivity index (χ1) is 7.58. The number of carbonyl (C=O) groups excluding carboxylic acids is 1. The van der Waals surface area contributed by atoms with Crippen LogP contribution in [0.3, 0.4) is 0 Å². The predicted molar refractivity (Wildman–Crippen MR) is 61.6 cm³/mol. The third kappa shape index (κ3) is 2.79. The van der Waals surface area contributed by atoms with Gasteiger partial charge in [0.25, 0.3) is 5.91 Å². The zero-order valence-electron chi connectivity index (χ0n) is 9.61. The Balaban J connectivity index is 2.78. The number of methoxy groups -OCH3 is 1. The van der Waals surface area contributed by atoms with Crippen molar-refractivity contribution < 1.29 is 14.3 Å². The van der Waals surface area contributed by atoms with Crippen LogP contribution in [0.5, 0.6) is 11.5 Å². The number of benzene rings is 1. The van der Waals surface area contributed by atoms with Gasteiger partial charge in [-0.3, -0.25) is 4.79 Å². The fourth-order valence-corrected chi connectivity index (χ4v) is 1.21. The molecule has 0 heterocycles. The van der Waals surface area contributed by atoms with Gasteiger partial charge in [-0.15, -0.1) is 0 Å². The van der Waals surface area contributed by atoms with Crippen LogP contribution in [0.1, 0.15) is 6.92 Å². The van der Waals surface area contributed by atoms with Crippen LogP contribution in [0, 0.1) is 0 Å². The lowest BCUT2D eigenvalue weighted by atomic mass is 10.2. The second-order valence-electron chi connectivity index (χ2n) is 3.28. The number of likely N-dealkylation sites (N-methyl/N-ethyl adjacent to an activating group) is 1. The highest BCUT2D eigenvalue weighted by Gasteiger charge is 2.14. The molecule has 1 amide bonds. The van der Waals surface area contributed by atoms with Crippen LogP contribution in [0.25, 0.3) is 0 Å². The molecule has 0 aliphatic rings. The third-order valence-corrected chi connectivity index (χ3v) is 2.14. The second kappa shape index (κ2) is 5.25. The fourth-order valence-electron chi connectivity index (χ4n) is 1.21. The molecule has 1 aromatic rings. The Morgan fingerprint density at radius 2 is 2.19 bits per heavy atom. The van der Waals surface area contributed by atoms with Crippen LogP contribution in [-0.4, -0.2) is 26.2 Å². The summed E-state index contributed by atoms with van der Waals surface area (Å²) in [7, 11) is 3.11. The molecule has 0 aliphatic heterocycles. The number of nitrogens with one attached hydrogen (secondary N) is 1. The van der Waals surface area contributed by atoms with E-state index in [9.17, 15) is 4.79 Å². The molecule has 1 unspecified atom stereocenters. The first-order valence-corrected chi connectivity index (χ1v) is 4.90. The van der Waals surface area contributed by atoms with Gasteiger partial charge >= 0.3 is 0 Å². The van der Waals surface area contributed by atoms with Gasteiger partial charge in [0.2, 0.25) is 0 Å². The summed E-state index contributed by atoms with van der Waals surface area (Å²) >= 11 is 0. The van der Waals surface area contributed by atoms with Crippen molar-refractivity contribution >= 4 is 11.6 Å². The van der Waals surface area contributed by atoms with E-state index in [4.69, 9.17) is 15.2 Å². The Hall–Kier alpha value is -1.91. The second-order valence-corrected chi connectivity index (χ2v) is 3.28. The summed E-state index contributed by atoms with van der Waals surface area (Å²) in [6.45, 7) is 1.66. The summed E-state index contributed by atoms with van der Waals surface area (Å²) in [5.41, 5.74) is 6.19. The first-order valence-electron chi connectivity index (χ1n) is 4.90. The van der Waals surface area contributed by atoms with Gasteiger partial charge in [0.1, 0.15) is 11.5 Å². The molecule has 0 fully saturated rings. The zero-order valence-corrected chi connectivity index (χ0v) is 9.61. The third-order valence-electron chi connectivity index (χ3n) is 2.14. The van der Waals surface area contributed by atoms with E-state index < -0.39 is 6.10 Å². The van der Waals surface area contributed by atoms with E-state index >= 15 is 0 Å². The van der Waals surface area contributed by atoms with Crippen molar-refractivity contribution in [3.8, 4) is 11.5 Å². The minimum absolute atomic E-state index is 0.199. The lowest BCUT2D eigenvalue weighted by molar-refractivity contribution is -0.126. The van der Waals surface area contributed by atoms with Gasteiger partial charge in [0, 0.05) is 13.1 Å². The average molecular weight is 224 g/mol. The maximum Gasteiger partial charge on any atom is 0.260 e. The fraction of sp³-hybridized carbons (Fsp3) is 0.364. The highest BCUT2D eigenvalue weighted by Crippen LogP contribution is 2.26. The molecule has 5 heteroatoms. The smallest absolute Gasteiger partial charge is 0.260 e. The molecule has 0 bridgehead atoms. The highest BCUT2D eigenvalue weighted by molar-refractivity contribution is 5.80. The number of carbonyl (C=O) groups is 1. The molecule has 0 saturated heterocycles. The molecule has 5 nitrogen and oxygen atoms in total. The number of hydrogen-bond donors (Lipinski definition) is 2. The Morgan fingerprint density at radius 1 is 1.50 bits per heavy atom. The van der Waals surface area contributed by atoms with Crippen LogP contribution in [-0.2, 0) is 4.79 Å². The van der Waals surface area contributed by atoms with Gasteiger partial charge in [-0.25, -0.2) is 0 Å². The largest absolute Gasteiger partial charge is 0.497 e. The Labute approximate surface area is 94.5 Å². The van der Waals surface area contributed by atoms with Crippen molar-refractivity contribution in [2.24, 2.45) is 0 Å². The molecule has 0 aliphatic carbocycles. The molecule has 1 aromatic carbocycles. The molecule has 1 rings (SSSR count). The average Bonchev–Trinajstić information content (AvgIpc) is 2.30. The van der Waals surface area contributed by atoms with E-state index in [1.807, 2.05) is 0 Å². The van der Waals surface area contributed by atoms with Crippen molar-refractivity contribution in [1.29, 1.82) is 0 Å². The maximum absolute atomic E-state index is 11.2. The van der Waals surface area contributed by atoms with Gasteiger partial charge < -0.3 is 20.5 Å². The lowest BCUT2D eigenvalue weighted by Crippen LogP contribution is -2.33. The van der Waals surface area contributed by atoms with Crippen molar-refractivity contribution in [1.82, 2.24) is 5.32 Å². The SMILES string of the molecule is CNC(=O)C(C)Oc1ccc(OC)cc1N. The van der Waals surface area contributed by atoms with Crippen molar-refractivity contribution in [2.75, 3.05) is 19.9 Å². The Bertz CT molecular complexity index is 379. The molecule has 0 aromatic heterocycles. The lowest BCUT2D eigenvalue weighted by Gasteiger charge is -2.15. The van der Waals surface area contributed by atoms with Crippen LogP contribution in [0.2, 0.25) is 0 Å². The van der Waals surface area contributed by atoms with Crippen molar-refractivity contribution in [2.45, 2.75) is 13.0 Å². The molecular weight excluding hydrogens is 208 g/mol. The molecule has 88 valence electrons. The number of rotatable bonds is 4. The first kappa shape index (κ1) is 12.2. The highest BCUT2D eigenvalue weighted by atomic mass is 16.5. The minimum atomic E-state index is -0.583. The number of anilines is 1. The maximum atomic E-state index is 11.2. The monoisotopic (exact) mass is 224 g/mol. The van der Waals surface area contributed by atoms with E-state index in [1.165, 1.54) is 0 Å². The van der Waals surface area contributed by atoms with Gasteiger partial charge in [-0.2, -0.15) is 0 Å². The molecule has 1 atom stereocenters. The van der Waals surface area contributed by atoms with Crippen LogP contribution >= 0.6 is 0 Å². The summed E-state index contributed by atoms with van der Waals surface area (Å²) in [6, 6.07) is 5.04. The number of nitrogens with two attached hydrogens (primary N) is 1. The zero-order chi connectivity index (χ0) is 12.1. The van der Waals surface area contributed by atoms with Crippen LogP contribution in [0.15, 0.2) is 18.2 Å². The van der Waals surface area contributed by atoms with Crippen molar-refractivity contribution in [3.05, 3.63) is 18.2 Å². The summed E-state index contributed by atoms with van der Waals surface area (Å²) in [5.74, 6) is 0.921. The number of amides is 1. The predicted octanol–water partition coefficient (Wildman–Crippen LogP) is 0.791. The van der Waals surface area contributed by atoms with E-state index in [1.54, 1.807) is 39.3 Å². The van der Waals surface area contributed by atoms with E-state index in [2.05, 4.69) is 5.32 Å². The molecular formula is C11H16N2O3. The number of nitrogen functional groups attached to an aromatic ring is 1. The van der Waals surface area contributed by atoms with E-state index in [0.29, 0.717) is 17.2 Å². The molecule has 0 saturated carbocycles. The summed E-state index contributed by atoms with van der Waals surface area (Å²) in [4.78, 5) is 11.2. The normalized spacial score (nSPS) is 11.7. The van der Waals surface area contributed by atoms with Crippen molar-refractivity contribution in [3.63, 3.8) is 0 Å². The Kier molecular flexibility index (Phi) is 3.99. The van der Waals surface area contributed by atoms with E-state index in [-0.39, 0.29) is 5.91 Å². The van der Waals surface area contributed by atoms with Gasteiger partial charge in [-0.05, 0) is 19.1 Å². The molecule has 0 spiro atoms. The molecule has 0 radical (unpaired) electrons. The number of ether oxygens (including phenoxy) is 2. The Morgan fingerprint density at radius 3 is 2.69 bits per heavy atom. The summed E-state index contributed by atoms with van der Waals surface area (Å²) < 4.78 is 10.4. The van der Waals surface area contributed by atoms with Crippen LogP contribution < -0.4 is 20.5 Å². The summed E-state index contributed by atoms with van der Waals surface area (Å²) in [5, 5.41) is 2.50. The minimum Gasteiger partial charge on any atom is -0.497 e. The van der Waals surface area contributed by atoms with Gasteiger partial charge in [0.05, 0.1) is 12.8 Å². The number of hydrogen-bond acceptors (Lipinski definition) is 4. The van der Waals surface area contributed by atoms with Gasteiger partial charge in [0.15, 0.2) is 6.10 Å².